The van der Waals surface area contributed by atoms with Gasteiger partial charge in [-0.05, 0) is 79.5 Å². The number of rotatable bonds is 0. The van der Waals surface area contributed by atoms with Crippen molar-refractivity contribution in [2.45, 2.75) is 57.0 Å². The normalized spacial score (nSPS) is 37.1. The molecule has 0 spiro atoms. The fourth-order valence-electron chi connectivity index (χ4n) is 5.82. The molecule has 2 saturated carbocycles. The maximum Gasteiger partial charge on any atom is 0.330 e. The molecule has 3 aliphatic rings. The summed E-state index contributed by atoms with van der Waals surface area (Å²) < 4.78 is 25.2. The molecule has 5 N–H and O–H groups in total. The molecule has 27 heavy (non-hydrogen) atoms. The first-order chi connectivity index (χ1) is 12.5. The Morgan fingerprint density at radius 1 is 1.26 bits per heavy atom. The molecule has 3 aliphatic carbocycles. The van der Waals surface area contributed by atoms with E-state index in [0.29, 0.717) is 23.5 Å². The molecule has 7 heteroatoms. The Bertz CT molecular complexity index is 869. The Morgan fingerprint density at radius 2 is 1.93 bits per heavy atom. The number of hydrogen-bond acceptors (Lipinski definition) is 4. The molecular weight excluding hydrogens is 366 g/mol. The van der Waals surface area contributed by atoms with Gasteiger partial charge in [-0.3, -0.25) is 4.55 Å². The molecule has 6 nitrogen and oxygen atoms in total. The van der Waals surface area contributed by atoms with E-state index in [2.05, 4.69) is 24.0 Å². The van der Waals surface area contributed by atoms with Crippen LogP contribution in [0, 0.1) is 29.6 Å². The first kappa shape index (κ1) is 20.2. The van der Waals surface area contributed by atoms with Crippen molar-refractivity contribution in [3.05, 3.63) is 29.3 Å². The van der Waals surface area contributed by atoms with Crippen LogP contribution < -0.4 is 5.14 Å². The van der Waals surface area contributed by atoms with Crippen LogP contribution in [0.2, 0.25) is 0 Å². The number of aromatic hydroxyl groups is 1. The highest BCUT2D eigenvalue weighted by molar-refractivity contribution is 7.83. The van der Waals surface area contributed by atoms with Crippen molar-refractivity contribution in [2.75, 3.05) is 0 Å². The van der Waals surface area contributed by atoms with E-state index >= 15 is 0 Å². The molecule has 4 rings (SSSR count). The summed E-state index contributed by atoms with van der Waals surface area (Å²) >= 11 is 0. The second-order valence-corrected chi connectivity index (χ2v) is 9.34. The highest BCUT2D eigenvalue weighted by Crippen LogP contribution is 2.64. The maximum absolute atomic E-state index is 10.9. The van der Waals surface area contributed by atoms with Crippen molar-refractivity contribution in [2.24, 2.45) is 22.4 Å². The van der Waals surface area contributed by atoms with Crippen LogP contribution >= 0.6 is 0 Å². The minimum Gasteiger partial charge on any atom is -0.508 e. The number of aliphatic hydroxyl groups is 1. The summed E-state index contributed by atoms with van der Waals surface area (Å²) in [6.07, 6.45) is 11.8. The molecule has 1 aromatic carbocycles. The molecule has 0 bridgehead atoms. The SMILES string of the molecule is C#C[C@]1(O)CC[C@H]2[C@@H]3CCc4cc(O)ccc4[C@H]3CC[C@@]21C.NS(=O)(=O)O. The Labute approximate surface area is 160 Å². The second-order valence-electron chi connectivity index (χ2n) is 8.31. The number of fused-ring (bicyclic) bond motifs is 5. The summed E-state index contributed by atoms with van der Waals surface area (Å²) in [5.41, 5.74) is 1.69. The molecule has 5 atom stereocenters. The van der Waals surface area contributed by atoms with Crippen LogP contribution in [-0.2, 0) is 16.7 Å². The van der Waals surface area contributed by atoms with Gasteiger partial charge in [-0.25, -0.2) is 5.14 Å². The molecule has 0 heterocycles. The quantitative estimate of drug-likeness (QED) is 0.398. The molecule has 2 fully saturated rings. The van der Waals surface area contributed by atoms with E-state index in [4.69, 9.17) is 19.4 Å². The maximum atomic E-state index is 10.9. The van der Waals surface area contributed by atoms with E-state index < -0.39 is 15.9 Å². The van der Waals surface area contributed by atoms with Crippen LogP contribution in [0.5, 0.6) is 5.75 Å². The van der Waals surface area contributed by atoms with Gasteiger partial charge in [0.25, 0.3) is 0 Å². The van der Waals surface area contributed by atoms with Gasteiger partial charge in [-0.2, -0.15) is 8.42 Å². The van der Waals surface area contributed by atoms with E-state index in [-0.39, 0.29) is 5.41 Å². The minimum atomic E-state index is -4.17. The molecular formula is C20H27NO5S. The number of nitrogens with two attached hydrogens (primary N) is 1. The monoisotopic (exact) mass is 393 g/mol. The van der Waals surface area contributed by atoms with E-state index in [0.717, 1.165) is 38.5 Å². The lowest BCUT2D eigenvalue weighted by atomic mass is 9.53. The van der Waals surface area contributed by atoms with Crippen molar-refractivity contribution in [3.63, 3.8) is 0 Å². The number of aryl methyl sites for hydroxylation is 1. The Kier molecular flexibility index (Phi) is 5.06. The summed E-state index contributed by atoms with van der Waals surface area (Å²) in [4.78, 5) is 0. The Balaban J connectivity index is 0.000000376. The molecule has 1 aromatic rings. The van der Waals surface area contributed by atoms with Crippen molar-refractivity contribution < 1.29 is 23.2 Å². The van der Waals surface area contributed by atoms with Gasteiger partial charge < -0.3 is 10.2 Å². The van der Waals surface area contributed by atoms with Gasteiger partial charge in [0.1, 0.15) is 11.4 Å². The predicted molar refractivity (Wildman–Crippen MR) is 102 cm³/mol. The van der Waals surface area contributed by atoms with Crippen LogP contribution in [0.3, 0.4) is 0 Å². The van der Waals surface area contributed by atoms with Crippen molar-refractivity contribution >= 4 is 10.3 Å². The largest absolute Gasteiger partial charge is 0.508 e. The number of benzene rings is 1. The van der Waals surface area contributed by atoms with Crippen molar-refractivity contribution in [1.82, 2.24) is 0 Å². The Hall–Kier alpha value is -1.59. The zero-order chi connectivity index (χ0) is 20.0. The van der Waals surface area contributed by atoms with Crippen LogP contribution in [0.1, 0.15) is 56.1 Å². The molecule has 0 amide bonds. The van der Waals surface area contributed by atoms with E-state index in [9.17, 15) is 10.2 Å². The number of terminal acetylenes is 1. The molecule has 0 aromatic heterocycles. The van der Waals surface area contributed by atoms with E-state index in [1.165, 1.54) is 11.1 Å². The summed E-state index contributed by atoms with van der Waals surface area (Å²) in [5, 5.41) is 24.5. The summed E-state index contributed by atoms with van der Waals surface area (Å²) in [7, 11) is -4.17. The molecule has 0 aliphatic heterocycles. The van der Waals surface area contributed by atoms with Gasteiger partial charge in [0.05, 0.1) is 0 Å². The van der Waals surface area contributed by atoms with Gasteiger partial charge in [-0.1, -0.05) is 18.9 Å². The van der Waals surface area contributed by atoms with Crippen molar-refractivity contribution in [3.8, 4) is 18.1 Å². The predicted octanol–water partition coefficient (Wildman–Crippen LogP) is 2.36. The molecule has 0 radical (unpaired) electrons. The average molecular weight is 394 g/mol. The second kappa shape index (κ2) is 6.78. The lowest BCUT2D eigenvalue weighted by Crippen LogP contribution is -2.50. The third-order valence-corrected chi connectivity index (χ3v) is 7.10. The fraction of sp³-hybridized carbons (Fsp3) is 0.600. The van der Waals surface area contributed by atoms with Gasteiger partial charge in [0, 0.05) is 5.41 Å². The van der Waals surface area contributed by atoms with E-state index in [1.54, 1.807) is 0 Å². The lowest BCUT2D eigenvalue weighted by molar-refractivity contribution is -0.0646. The topological polar surface area (TPSA) is 121 Å². The van der Waals surface area contributed by atoms with Crippen LogP contribution in [-0.4, -0.2) is 28.8 Å². The van der Waals surface area contributed by atoms with E-state index in [1.807, 2.05) is 12.1 Å². The van der Waals surface area contributed by atoms with Gasteiger partial charge in [0.15, 0.2) is 0 Å². The fourth-order valence-corrected chi connectivity index (χ4v) is 5.82. The summed E-state index contributed by atoms with van der Waals surface area (Å²) in [6.45, 7) is 2.22. The summed E-state index contributed by atoms with van der Waals surface area (Å²) in [5.74, 6) is 4.82. The molecule has 148 valence electrons. The molecule has 0 unspecified atom stereocenters. The van der Waals surface area contributed by atoms with Gasteiger partial charge in [-0.15, -0.1) is 6.42 Å². The highest BCUT2D eigenvalue weighted by atomic mass is 32.2. The number of phenols is 1. The smallest absolute Gasteiger partial charge is 0.330 e. The zero-order valence-corrected chi connectivity index (χ0v) is 16.2. The first-order valence-electron chi connectivity index (χ1n) is 9.25. The third-order valence-electron chi connectivity index (χ3n) is 7.10. The third kappa shape index (κ3) is 3.59. The van der Waals surface area contributed by atoms with Crippen LogP contribution in [0.4, 0.5) is 0 Å². The van der Waals surface area contributed by atoms with Gasteiger partial charge >= 0.3 is 10.3 Å². The van der Waals surface area contributed by atoms with Gasteiger partial charge in [0.2, 0.25) is 0 Å². The zero-order valence-electron chi connectivity index (χ0n) is 15.4. The number of hydrogen-bond donors (Lipinski definition) is 4. The summed E-state index contributed by atoms with van der Waals surface area (Å²) in [6, 6.07) is 5.87. The minimum absolute atomic E-state index is 0.128. The Morgan fingerprint density at radius 3 is 2.56 bits per heavy atom. The number of phenolic OH excluding ortho intramolecular Hbond substituents is 1. The standard InChI is InChI=1S/C20H24O2.H3NO3S/c1-3-20(22)11-9-18-17-6-4-13-12-14(21)5-7-15(13)16(17)8-10-19(18,20)2;1-5(2,3)4/h1,5,7,12,16-18,21-22H,4,6,8-11H2,2H3;(H3,1,2,3,4)/t16-,17-,18+,19+,20+;/m1./s1. The average Bonchev–Trinajstić information content (AvgIpc) is 2.85. The van der Waals surface area contributed by atoms with Crippen molar-refractivity contribution in [1.29, 1.82) is 0 Å². The van der Waals surface area contributed by atoms with Crippen LogP contribution in [0.25, 0.3) is 0 Å². The lowest BCUT2D eigenvalue weighted by Gasteiger charge is -2.52. The first-order valence-corrected chi connectivity index (χ1v) is 10.8. The van der Waals surface area contributed by atoms with Crippen LogP contribution in [0.15, 0.2) is 18.2 Å². The highest BCUT2D eigenvalue weighted by Gasteiger charge is 2.61. The molecule has 0 saturated heterocycles.